The predicted molar refractivity (Wildman–Crippen MR) is 107 cm³/mol. The number of anilines is 2. The molecule has 0 aromatic heterocycles. The minimum Gasteiger partial charge on any atom is -0.494 e. The number of likely N-dealkylation sites (N-methyl/N-ethyl adjacent to an activating group) is 1. The molecule has 2 amide bonds. The summed E-state index contributed by atoms with van der Waals surface area (Å²) in [6, 6.07) is 14.5. The molecule has 0 unspecified atom stereocenters. The molecular formula is C19H22BrN3O3. The fourth-order valence-electron chi connectivity index (χ4n) is 2.30. The number of hydrogen-bond acceptors (Lipinski definition) is 4. The van der Waals surface area contributed by atoms with Crippen molar-refractivity contribution in [3.05, 3.63) is 53.0 Å². The lowest BCUT2D eigenvalue weighted by Gasteiger charge is -2.16. The van der Waals surface area contributed by atoms with Gasteiger partial charge in [-0.05, 0) is 66.3 Å². The molecule has 6 nitrogen and oxygen atoms in total. The van der Waals surface area contributed by atoms with Gasteiger partial charge in [0.05, 0.1) is 25.4 Å². The van der Waals surface area contributed by atoms with Gasteiger partial charge in [-0.15, -0.1) is 0 Å². The van der Waals surface area contributed by atoms with Crippen LogP contribution in [0, 0.1) is 0 Å². The third-order valence-corrected chi connectivity index (χ3v) is 4.12. The molecule has 0 saturated heterocycles. The number of carbonyl (C=O) groups excluding carboxylic acids is 2. The van der Waals surface area contributed by atoms with Crippen LogP contribution >= 0.6 is 15.9 Å². The zero-order chi connectivity index (χ0) is 18.9. The van der Waals surface area contributed by atoms with E-state index in [1.807, 2.05) is 25.1 Å². The smallest absolute Gasteiger partial charge is 0.238 e. The normalized spacial score (nSPS) is 10.5. The Bertz CT molecular complexity index is 750. The van der Waals surface area contributed by atoms with Crippen molar-refractivity contribution in [1.29, 1.82) is 0 Å². The van der Waals surface area contributed by atoms with Gasteiger partial charge in [-0.25, -0.2) is 0 Å². The van der Waals surface area contributed by atoms with Crippen molar-refractivity contribution in [2.45, 2.75) is 6.92 Å². The molecule has 0 saturated carbocycles. The van der Waals surface area contributed by atoms with Crippen LogP contribution in [0.25, 0.3) is 0 Å². The number of rotatable bonds is 8. The molecule has 2 aromatic rings. The molecule has 0 aliphatic carbocycles. The van der Waals surface area contributed by atoms with E-state index in [2.05, 4.69) is 26.6 Å². The number of amides is 2. The van der Waals surface area contributed by atoms with Crippen molar-refractivity contribution < 1.29 is 14.3 Å². The number of nitrogens with zero attached hydrogens (tertiary/aromatic N) is 1. The van der Waals surface area contributed by atoms with Gasteiger partial charge >= 0.3 is 0 Å². The zero-order valence-corrected chi connectivity index (χ0v) is 16.4. The van der Waals surface area contributed by atoms with E-state index < -0.39 is 0 Å². The van der Waals surface area contributed by atoms with Gasteiger partial charge in [0, 0.05) is 10.2 Å². The SMILES string of the molecule is CCOc1ccc(NC(=O)CN(C)CC(=O)Nc2ccccc2Br)cc1. The summed E-state index contributed by atoms with van der Waals surface area (Å²) >= 11 is 3.38. The quantitative estimate of drug-likeness (QED) is 0.687. The van der Waals surface area contributed by atoms with Gasteiger partial charge in [0.2, 0.25) is 11.8 Å². The van der Waals surface area contributed by atoms with Crippen molar-refractivity contribution in [3.8, 4) is 5.75 Å². The van der Waals surface area contributed by atoms with Gasteiger partial charge in [-0.3, -0.25) is 14.5 Å². The van der Waals surface area contributed by atoms with Gasteiger partial charge in [0.25, 0.3) is 0 Å². The van der Waals surface area contributed by atoms with Crippen LogP contribution < -0.4 is 15.4 Å². The molecule has 2 aromatic carbocycles. The molecule has 2 rings (SSSR count). The van der Waals surface area contributed by atoms with Crippen molar-refractivity contribution in [2.24, 2.45) is 0 Å². The van der Waals surface area contributed by atoms with E-state index in [4.69, 9.17) is 4.74 Å². The summed E-state index contributed by atoms with van der Waals surface area (Å²) in [5.74, 6) is 0.380. The fourth-order valence-corrected chi connectivity index (χ4v) is 2.68. The lowest BCUT2D eigenvalue weighted by Crippen LogP contribution is -2.36. The molecule has 0 atom stereocenters. The standard InChI is InChI=1S/C19H22BrN3O3/c1-3-26-15-10-8-14(9-11-15)21-18(24)12-23(2)13-19(25)22-17-7-5-4-6-16(17)20/h4-11H,3,12-13H2,1-2H3,(H,21,24)(H,22,25). The van der Waals surface area contributed by atoms with Crippen molar-refractivity contribution in [2.75, 3.05) is 37.4 Å². The summed E-state index contributed by atoms with van der Waals surface area (Å²) in [6.45, 7) is 2.73. The predicted octanol–water partition coefficient (Wildman–Crippen LogP) is 3.36. The summed E-state index contributed by atoms with van der Waals surface area (Å²) in [5.41, 5.74) is 1.38. The van der Waals surface area contributed by atoms with E-state index in [9.17, 15) is 9.59 Å². The Morgan fingerprint density at radius 1 is 1.00 bits per heavy atom. The minimum absolute atomic E-state index is 0.108. The second kappa shape index (κ2) is 9.94. The van der Waals surface area contributed by atoms with Gasteiger partial charge in [-0.1, -0.05) is 12.1 Å². The first-order valence-corrected chi connectivity index (χ1v) is 9.03. The largest absolute Gasteiger partial charge is 0.494 e. The molecule has 0 aliphatic heterocycles. The van der Waals surface area contributed by atoms with Crippen LogP contribution in [0.3, 0.4) is 0 Å². The van der Waals surface area contributed by atoms with Gasteiger partial charge in [-0.2, -0.15) is 0 Å². The number of benzene rings is 2. The highest BCUT2D eigenvalue weighted by molar-refractivity contribution is 9.10. The highest BCUT2D eigenvalue weighted by Crippen LogP contribution is 2.21. The molecule has 0 heterocycles. The number of nitrogens with one attached hydrogen (secondary N) is 2. The number of halogens is 1. The van der Waals surface area contributed by atoms with Crippen LogP contribution in [0.15, 0.2) is 53.0 Å². The number of carbonyl (C=O) groups is 2. The van der Waals surface area contributed by atoms with Crippen LogP contribution in [0.5, 0.6) is 5.75 Å². The first-order valence-electron chi connectivity index (χ1n) is 8.23. The lowest BCUT2D eigenvalue weighted by atomic mass is 10.3. The topological polar surface area (TPSA) is 70.7 Å². The lowest BCUT2D eigenvalue weighted by molar-refractivity contribution is -0.119. The van der Waals surface area contributed by atoms with Gasteiger partial charge in [0.1, 0.15) is 5.75 Å². The molecule has 0 fully saturated rings. The molecule has 0 bridgehead atoms. The molecule has 0 radical (unpaired) electrons. The Balaban J connectivity index is 1.79. The molecule has 2 N–H and O–H groups in total. The Kier molecular flexibility index (Phi) is 7.62. The number of para-hydroxylation sites is 1. The maximum atomic E-state index is 12.1. The minimum atomic E-state index is -0.189. The molecule has 26 heavy (non-hydrogen) atoms. The summed E-state index contributed by atoms with van der Waals surface area (Å²) in [4.78, 5) is 25.8. The first kappa shape index (κ1) is 19.9. The van der Waals surface area contributed by atoms with Crippen LogP contribution in [-0.4, -0.2) is 43.5 Å². The molecular weight excluding hydrogens is 398 g/mol. The Labute approximate surface area is 161 Å². The Morgan fingerprint density at radius 2 is 1.62 bits per heavy atom. The van der Waals surface area contributed by atoms with Crippen LogP contribution in [0.2, 0.25) is 0 Å². The summed E-state index contributed by atoms with van der Waals surface area (Å²) in [5, 5.41) is 5.61. The van der Waals surface area contributed by atoms with E-state index in [0.717, 1.165) is 10.2 Å². The van der Waals surface area contributed by atoms with Crippen LogP contribution in [0.4, 0.5) is 11.4 Å². The zero-order valence-electron chi connectivity index (χ0n) is 14.8. The highest BCUT2D eigenvalue weighted by atomic mass is 79.9. The monoisotopic (exact) mass is 419 g/mol. The summed E-state index contributed by atoms with van der Waals surface area (Å²) < 4.78 is 6.17. The second-order valence-electron chi connectivity index (χ2n) is 5.71. The van der Waals surface area contributed by atoms with Crippen molar-refractivity contribution in [1.82, 2.24) is 4.90 Å². The number of ether oxygens (including phenoxy) is 1. The van der Waals surface area contributed by atoms with Crippen molar-refractivity contribution in [3.63, 3.8) is 0 Å². The fraction of sp³-hybridized carbons (Fsp3) is 0.263. The van der Waals surface area contributed by atoms with E-state index in [1.165, 1.54) is 0 Å². The highest BCUT2D eigenvalue weighted by Gasteiger charge is 2.12. The van der Waals surface area contributed by atoms with Crippen LogP contribution in [-0.2, 0) is 9.59 Å². The third-order valence-electron chi connectivity index (χ3n) is 3.42. The second-order valence-corrected chi connectivity index (χ2v) is 6.56. The third kappa shape index (κ3) is 6.50. The molecule has 138 valence electrons. The molecule has 0 aliphatic rings. The summed E-state index contributed by atoms with van der Waals surface area (Å²) in [6.07, 6.45) is 0. The van der Waals surface area contributed by atoms with E-state index in [1.54, 1.807) is 42.3 Å². The first-order chi connectivity index (χ1) is 12.5. The number of hydrogen-bond donors (Lipinski definition) is 2. The van der Waals surface area contributed by atoms with Gasteiger partial charge < -0.3 is 15.4 Å². The summed E-state index contributed by atoms with van der Waals surface area (Å²) in [7, 11) is 1.72. The van der Waals surface area contributed by atoms with E-state index in [-0.39, 0.29) is 24.9 Å². The average molecular weight is 420 g/mol. The Morgan fingerprint density at radius 3 is 2.23 bits per heavy atom. The van der Waals surface area contributed by atoms with E-state index >= 15 is 0 Å². The maximum Gasteiger partial charge on any atom is 0.238 e. The van der Waals surface area contributed by atoms with E-state index in [0.29, 0.717) is 18.0 Å². The van der Waals surface area contributed by atoms with Crippen LogP contribution in [0.1, 0.15) is 6.92 Å². The Hall–Kier alpha value is -2.38. The van der Waals surface area contributed by atoms with Crippen molar-refractivity contribution >= 4 is 39.1 Å². The average Bonchev–Trinajstić information content (AvgIpc) is 2.58. The molecule has 0 spiro atoms. The maximum absolute atomic E-state index is 12.1. The molecule has 7 heteroatoms. The van der Waals surface area contributed by atoms with Gasteiger partial charge in [0.15, 0.2) is 0 Å².